The third-order valence-electron chi connectivity index (χ3n) is 2.43. The zero-order chi connectivity index (χ0) is 8.97. The zero-order valence-corrected chi connectivity index (χ0v) is 8.48. The summed E-state index contributed by atoms with van der Waals surface area (Å²) in [6.07, 6.45) is 9.63. The van der Waals surface area contributed by atoms with Gasteiger partial charge in [0.1, 0.15) is 0 Å². The predicted molar refractivity (Wildman–Crippen MR) is 54.9 cm³/mol. The van der Waals surface area contributed by atoms with Crippen LogP contribution in [-0.4, -0.2) is 0 Å². The molecule has 0 aromatic carbocycles. The van der Waals surface area contributed by atoms with E-state index >= 15 is 0 Å². The van der Waals surface area contributed by atoms with Crippen LogP contribution in [0.2, 0.25) is 0 Å². The van der Waals surface area contributed by atoms with Crippen LogP contribution in [-0.2, 0) is 0 Å². The number of allylic oxidation sites excluding steroid dienone is 4. The van der Waals surface area contributed by atoms with Crippen LogP contribution < -0.4 is 0 Å². The van der Waals surface area contributed by atoms with Gasteiger partial charge in [0.15, 0.2) is 0 Å². The van der Waals surface area contributed by atoms with Crippen molar-refractivity contribution in [2.24, 2.45) is 0 Å². The summed E-state index contributed by atoms with van der Waals surface area (Å²) in [7, 11) is 0. The lowest BCUT2D eigenvalue weighted by Crippen LogP contribution is -1.90. The summed E-state index contributed by atoms with van der Waals surface area (Å²) < 4.78 is 0. The van der Waals surface area contributed by atoms with Crippen molar-refractivity contribution in [3.63, 3.8) is 0 Å². The Kier molecular flexibility index (Phi) is 3.58. The Morgan fingerprint density at radius 2 is 1.75 bits per heavy atom. The zero-order valence-electron chi connectivity index (χ0n) is 8.48. The molecule has 1 radical (unpaired) electrons. The van der Waals surface area contributed by atoms with Crippen molar-refractivity contribution >= 4 is 0 Å². The van der Waals surface area contributed by atoms with Crippen LogP contribution in [0, 0.1) is 5.92 Å². The number of hydrogen-bond acceptors (Lipinski definition) is 0. The van der Waals surface area contributed by atoms with Crippen LogP contribution in [0.3, 0.4) is 0 Å². The van der Waals surface area contributed by atoms with Crippen molar-refractivity contribution in [1.82, 2.24) is 0 Å². The van der Waals surface area contributed by atoms with E-state index in [9.17, 15) is 0 Å². The van der Waals surface area contributed by atoms with Crippen LogP contribution in [0.25, 0.3) is 0 Å². The fourth-order valence-electron chi connectivity index (χ4n) is 1.77. The number of rotatable bonds is 4. The van der Waals surface area contributed by atoms with E-state index in [4.69, 9.17) is 0 Å². The first-order valence-electron chi connectivity index (χ1n) is 5.09. The van der Waals surface area contributed by atoms with Gasteiger partial charge in [0.05, 0.1) is 0 Å². The first-order valence-corrected chi connectivity index (χ1v) is 5.09. The molecule has 0 atom stereocenters. The van der Waals surface area contributed by atoms with Crippen molar-refractivity contribution in [2.75, 3.05) is 0 Å². The van der Waals surface area contributed by atoms with Crippen LogP contribution in [0.5, 0.6) is 0 Å². The fourth-order valence-corrected chi connectivity index (χ4v) is 1.77. The minimum atomic E-state index is 1.19. The van der Waals surface area contributed by atoms with E-state index in [2.05, 4.69) is 32.9 Å². The molecule has 0 unspecified atom stereocenters. The average molecular weight is 163 g/mol. The van der Waals surface area contributed by atoms with E-state index in [1.165, 1.54) is 31.3 Å². The Hall–Kier alpha value is -0.520. The smallest absolute Gasteiger partial charge is 0.0225 e. The molecule has 0 fully saturated rings. The molecule has 0 saturated carbocycles. The Labute approximate surface area is 76.4 Å². The SMILES string of the molecule is CCCC1=C[C](CC)C(CC)=C1. The molecule has 1 rings (SSSR count). The summed E-state index contributed by atoms with van der Waals surface area (Å²) in [5.41, 5.74) is 3.09. The fraction of sp³-hybridized carbons (Fsp3) is 0.583. The predicted octanol–water partition coefficient (Wildman–Crippen LogP) is 4.05. The first-order chi connectivity index (χ1) is 5.81. The van der Waals surface area contributed by atoms with E-state index < -0.39 is 0 Å². The van der Waals surface area contributed by atoms with Gasteiger partial charge in [-0.25, -0.2) is 0 Å². The molecule has 0 amide bonds. The van der Waals surface area contributed by atoms with E-state index in [0.29, 0.717) is 0 Å². The molecule has 67 valence electrons. The molecular formula is C12H19. The van der Waals surface area contributed by atoms with Crippen LogP contribution >= 0.6 is 0 Å². The van der Waals surface area contributed by atoms with Gasteiger partial charge in [-0.3, -0.25) is 0 Å². The summed E-state index contributed by atoms with van der Waals surface area (Å²) in [4.78, 5) is 0. The van der Waals surface area contributed by atoms with Crippen LogP contribution in [0.1, 0.15) is 46.5 Å². The molecule has 12 heavy (non-hydrogen) atoms. The van der Waals surface area contributed by atoms with Crippen molar-refractivity contribution in [3.8, 4) is 0 Å². The monoisotopic (exact) mass is 163 g/mol. The molecule has 1 aliphatic rings. The maximum Gasteiger partial charge on any atom is 0.0225 e. The lowest BCUT2D eigenvalue weighted by molar-refractivity contribution is 0.925. The van der Waals surface area contributed by atoms with E-state index in [-0.39, 0.29) is 0 Å². The van der Waals surface area contributed by atoms with Crippen molar-refractivity contribution in [2.45, 2.75) is 46.5 Å². The quantitative estimate of drug-likeness (QED) is 0.586. The standard InChI is InChI=1S/C12H19/c1-4-7-10-8-11(5-2)12(6-3)9-10/h8-9H,4-7H2,1-3H3. The van der Waals surface area contributed by atoms with Crippen molar-refractivity contribution in [3.05, 3.63) is 29.2 Å². The first kappa shape index (κ1) is 9.57. The highest BCUT2D eigenvalue weighted by Crippen LogP contribution is 2.32. The second kappa shape index (κ2) is 4.49. The topological polar surface area (TPSA) is 0 Å². The maximum atomic E-state index is 2.38. The molecular weight excluding hydrogens is 144 g/mol. The van der Waals surface area contributed by atoms with Gasteiger partial charge in [0.2, 0.25) is 0 Å². The lowest BCUT2D eigenvalue weighted by atomic mass is 9.98. The molecule has 0 bridgehead atoms. The Balaban J connectivity index is 2.62. The van der Waals surface area contributed by atoms with E-state index in [1.807, 2.05) is 0 Å². The molecule has 0 heterocycles. The third-order valence-corrected chi connectivity index (χ3v) is 2.43. The second-order valence-electron chi connectivity index (χ2n) is 3.37. The third kappa shape index (κ3) is 2.00. The molecule has 0 nitrogen and oxygen atoms in total. The maximum absolute atomic E-state index is 2.38. The number of hydrogen-bond donors (Lipinski definition) is 0. The molecule has 0 heteroatoms. The van der Waals surface area contributed by atoms with Gasteiger partial charge in [0.25, 0.3) is 0 Å². The largest absolute Gasteiger partial charge is 0.0699 e. The summed E-state index contributed by atoms with van der Waals surface area (Å²) in [6, 6.07) is 0. The molecule has 0 aromatic heterocycles. The Bertz CT molecular complexity index is 196. The Morgan fingerprint density at radius 1 is 1.00 bits per heavy atom. The minimum Gasteiger partial charge on any atom is -0.0699 e. The normalized spacial score (nSPS) is 17.9. The average Bonchev–Trinajstić information content (AvgIpc) is 2.48. The summed E-state index contributed by atoms with van der Waals surface area (Å²) in [5, 5.41) is 0. The lowest BCUT2D eigenvalue weighted by Gasteiger charge is -2.06. The van der Waals surface area contributed by atoms with Crippen molar-refractivity contribution in [1.29, 1.82) is 0 Å². The van der Waals surface area contributed by atoms with Gasteiger partial charge in [-0.2, -0.15) is 0 Å². The summed E-state index contributed by atoms with van der Waals surface area (Å²) in [6.45, 7) is 6.72. The minimum absolute atomic E-state index is 1.19. The van der Waals surface area contributed by atoms with E-state index in [0.717, 1.165) is 0 Å². The van der Waals surface area contributed by atoms with Gasteiger partial charge in [0, 0.05) is 5.92 Å². The highest BCUT2D eigenvalue weighted by Gasteiger charge is 2.15. The van der Waals surface area contributed by atoms with Gasteiger partial charge in [-0.05, 0) is 19.3 Å². The highest BCUT2D eigenvalue weighted by atomic mass is 14.2. The van der Waals surface area contributed by atoms with Gasteiger partial charge in [-0.1, -0.05) is 50.5 Å². The van der Waals surface area contributed by atoms with Gasteiger partial charge >= 0.3 is 0 Å². The van der Waals surface area contributed by atoms with Crippen LogP contribution in [0.15, 0.2) is 23.3 Å². The summed E-state index contributed by atoms with van der Waals surface area (Å²) >= 11 is 0. The molecule has 0 aromatic rings. The van der Waals surface area contributed by atoms with E-state index in [1.54, 1.807) is 11.5 Å². The highest BCUT2D eigenvalue weighted by molar-refractivity contribution is 5.47. The Morgan fingerprint density at radius 3 is 2.17 bits per heavy atom. The van der Waals surface area contributed by atoms with Gasteiger partial charge < -0.3 is 0 Å². The molecule has 0 spiro atoms. The molecule has 0 saturated heterocycles. The molecule has 0 aliphatic heterocycles. The molecule has 1 aliphatic carbocycles. The van der Waals surface area contributed by atoms with Crippen LogP contribution in [0.4, 0.5) is 0 Å². The van der Waals surface area contributed by atoms with Gasteiger partial charge in [-0.15, -0.1) is 0 Å². The van der Waals surface area contributed by atoms with Crippen molar-refractivity contribution < 1.29 is 0 Å². The second-order valence-corrected chi connectivity index (χ2v) is 3.37. The molecule has 0 N–H and O–H groups in total. The summed E-state index contributed by atoms with van der Waals surface area (Å²) in [5.74, 6) is 1.56.